The van der Waals surface area contributed by atoms with E-state index in [1.54, 1.807) is 24.3 Å². The van der Waals surface area contributed by atoms with Crippen LogP contribution in [0.3, 0.4) is 0 Å². The van der Waals surface area contributed by atoms with Gasteiger partial charge in [-0.15, -0.1) is 0 Å². The minimum Gasteiger partial charge on any atom is -0.496 e. The first-order valence-electron chi connectivity index (χ1n) is 7.89. The molecule has 3 aromatic carbocycles. The van der Waals surface area contributed by atoms with Gasteiger partial charge in [0.25, 0.3) is 0 Å². The number of hydrogen-bond donors (Lipinski definition) is 0. The van der Waals surface area contributed by atoms with Crippen molar-refractivity contribution in [2.45, 2.75) is 6.61 Å². The number of hydrogen-bond acceptors (Lipinski definition) is 4. The summed E-state index contributed by atoms with van der Waals surface area (Å²) in [6.07, 6.45) is 0. The fourth-order valence-corrected chi connectivity index (χ4v) is 2.37. The summed E-state index contributed by atoms with van der Waals surface area (Å²) < 4.78 is 16.5. The van der Waals surface area contributed by atoms with Gasteiger partial charge in [-0.1, -0.05) is 48.5 Å². The van der Waals surface area contributed by atoms with E-state index < -0.39 is 5.97 Å². The van der Waals surface area contributed by atoms with Crippen molar-refractivity contribution >= 4 is 5.97 Å². The molecule has 4 nitrogen and oxygen atoms in total. The van der Waals surface area contributed by atoms with Crippen LogP contribution in [-0.2, 0) is 11.3 Å². The maximum atomic E-state index is 12.3. The molecule has 0 aromatic heterocycles. The van der Waals surface area contributed by atoms with Crippen molar-refractivity contribution in [2.75, 3.05) is 7.11 Å². The molecule has 0 amide bonds. The maximum Gasteiger partial charge on any atom is 0.342 e. The van der Waals surface area contributed by atoms with Gasteiger partial charge in [-0.25, -0.2) is 4.79 Å². The average Bonchev–Trinajstić information content (AvgIpc) is 2.68. The molecule has 0 N–H and O–H groups in total. The molecule has 0 saturated heterocycles. The minimum atomic E-state index is -0.438. The number of para-hydroxylation sites is 3. The largest absolute Gasteiger partial charge is 0.496 e. The van der Waals surface area contributed by atoms with Crippen LogP contribution >= 0.6 is 0 Å². The van der Waals surface area contributed by atoms with Crippen molar-refractivity contribution < 1.29 is 19.0 Å². The first-order chi connectivity index (χ1) is 12.3. The van der Waals surface area contributed by atoms with E-state index in [0.29, 0.717) is 17.1 Å². The van der Waals surface area contributed by atoms with E-state index >= 15 is 0 Å². The number of carbonyl (C=O) groups is 1. The first kappa shape index (κ1) is 16.6. The predicted molar refractivity (Wildman–Crippen MR) is 95.1 cm³/mol. The van der Waals surface area contributed by atoms with Crippen LogP contribution in [0.5, 0.6) is 17.2 Å². The average molecular weight is 334 g/mol. The van der Waals surface area contributed by atoms with Crippen LogP contribution in [-0.4, -0.2) is 13.1 Å². The SMILES string of the molecule is COc1ccccc1C(=O)OCc1ccccc1Oc1ccccc1. The molecule has 0 radical (unpaired) electrons. The Hall–Kier alpha value is -3.27. The third-order valence-electron chi connectivity index (χ3n) is 3.63. The summed E-state index contributed by atoms with van der Waals surface area (Å²) in [5, 5.41) is 0. The lowest BCUT2D eigenvalue weighted by molar-refractivity contribution is 0.0467. The molecule has 0 aliphatic rings. The number of esters is 1. The second-order valence-electron chi connectivity index (χ2n) is 5.30. The molecule has 126 valence electrons. The minimum absolute atomic E-state index is 0.111. The van der Waals surface area contributed by atoms with E-state index in [-0.39, 0.29) is 6.61 Å². The van der Waals surface area contributed by atoms with Crippen LogP contribution in [0.1, 0.15) is 15.9 Å². The number of methoxy groups -OCH3 is 1. The van der Waals surface area contributed by atoms with Crippen molar-refractivity contribution in [1.82, 2.24) is 0 Å². The van der Waals surface area contributed by atoms with Crippen molar-refractivity contribution in [3.63, 3.8) is 0 Å². The molecule has 0 atom stereocenters. The lowest BCUT2D eigenvalue weighted by Crippen LogP contribution is -2.07. The fraction of sp³-hybridized carbons (Fsp3) is 0.0952. The number of ether oxygens (including phenoxy) is 3. The van der Waals surface area contributed by atoms with Gasteiger partial charge in [0.1, 0.15) is 29.4 Å². The van der Waals surface area contributed by atoms with E-state index in [1.807, 2.05) is 54.6 Å². The molecule has 0 fully saturated rings. The van der Waals surface area contributed by atoms with Crippen molar-refractivity contribution in [2.24, 2.45) is 0 Å². The van der Waals surface area contributed by atoms with Gasteiger partial charge in [0.05, 0.1) is 7.11 Å². The summed E-state index contributed by atoms with van der Waals surface area (Å²) in [6.45, 7) is 0.111. The Morgan fingerprint density at radius 2 is 1.44 bits per heavy atom. The highest BCUT2D eigenvalue weighted by Crippen LogP contribution is 2.26. The highest BCUT2D eigenvalue weighted by atomic mass is 16.5. The smallest absolute Gasteiger partial charge is 0.342 e. The van der Waals surface area contributed by atoms with E-state index in [0.717, 1.165) is 11.3 Å². The predicted octanol–water partition coefficient (Wildman–Crippen LogP) is 4.84. The molecule has 3 aromatic rings. The monoisotopic (exact) mass is 334 g/mol. The third-order valence-corrected chi connectivity index (χ3v) is 3.63. The maximum absolute atomic E-state index is 12.3. The van der Waals surface area contributed by atoms with Crippen LogP contribution < -0.4 is 9.47 Å². The number of rotatable bonds is 6. The normalized spacial score (nSPS) is 10.1. The van der Waals surface area contributed by atoms with Gasteiger partial charge in [0.2, 0.25) is 0 Å². The standard InChI is InChI=1S/C21H18O4/c1-23-20-14-8-6-12-18(20)21(22)24-15-16-9-5-7-13-19(16)25-17-10-3-2-4-11-17/h2-14H,15H2,1H3. The number of benzene rings is 3. The third kappa shape index (κ3) is 4.18. The zero-order chi connectivity index (χ0) is 17.5. The lowest BCUT2D eigenvalue weighted by Gasteiger charge is -2.12. The Morgan fingerprint density at radius 1 is 0.800 bits per heavy atom. The van der Waals surface area contributed by atoms with Gasteiger partial charge in [-0.3, -0.25) is 0 Å². The van der Waals surface area contributed by atoms with Crippen LogP contribution in [0, 0.1) is 0 Å². The molecule has 0 saturated carbocycles. The van der Waals surface area contributed by atoms with Gasteiger partial charge in [-0.2, -0.15) is 0 Å². The molecule has 0 unspecified atom stereocenters. The molecule has 0 aliphatic heterocycles. The van der Waals surface area contributed by atoms with E-state index in [4.69, 9.17) is 14.2 Å². The second kappa shape index (κ2) is 8.02. The molecule has 0 heterocycles. The lowest BCUT2D eigenvalue weighted by atomic mass is 10.2. The van der Waals surface area contributed by atoms with Crippen LogP contribution in [0.15, 0.2) is 78.9 Å². The Labute approximate surface area is 146 Å². The molecule has 3 rings (SSSR count). The van der Waals surface area contributed by atoms with Crippen LogP contribution in [0.4, 0.5) is 0 Å². The van der Waals surface area contributed by atoms with Gasteiger partial charge in [0.15, 0.2) is 0 Å². The molecular formula is C21H18O4. The zero-order valence-electron chi connectivity index (χ0n) is 13.8. The summed E-state index contributed by atoms with van der Waals surface area (Å²) >= 11 is 0. The highest BCUT2D eigenvalue weighted by Gasteiger charge is 2.14. The topological polar surface area (TPSA) is 44.8 Å². The Bertz CT molecular complexity index is 843. The fourth-order valence-electron chi connectivity index (χ4n) is 2.37. The highest BCUT2D eigenvalue weighted by molar-refractivity contribution is 5.92. The Kier molecular flexibility index (Phi) is 5.32. The Morgan fingerprint density at radius 3 is 2.20 bits per heavy atom. The van der Waals surface area contributed by atoms with E-state index in [1.165, 1.54) is 7.11 Å². The number of carbonyl (C=O) groups excluding carboxylic acids is 1. The molecule has 4 heteroatoms. The van der Waals surface area contributed by atoms with Crippen molar-refractivity contribution in [3.8, 4) is 17.2 Å². The van der Waals surface area contributed by atoms with Crippen LogP contribution in [0.25, 0.3) is 0 Å². The molecule has 0 aliphatic carbocycles. The zero-order valence-corrected chi connectivity index (χ0v) is 13.8. The summed E-state index contributed by atoms with van der Waals surface area (Å²) in [5.41, 5.74) is 1.18. The molecule has 25 heavy (non-hydrogen) atoms. The molecule has 0 bridgehead atoms. The van der Waals surface area contributed by atoms with Crippen LogP contribution in [0.2, 0.25) is 0 Å². The Balaban J connectivity index is 1.72. The second-order valence-corrected chi connectivity index (χ2v) is 5.30. The first-order valence-corrected chi connectivity index (χ1v) is 7.89. The molecular weight excluding hydrogens is 316 g/mol. The van der Waals surface area contributed by atoms with Crippen molar-refractivity contribution in [1.29, 1.82) is 0 Å². The van der Waals surface area contributed by atoms with Gasteiger partial charge < -0.3 is 14.2 Å². The summed E-state index contributed by atoms with van der Waals surface area (Å²) in [5.74, 6) is 1.43. The van der Waals surface area contributed by atoms with E-state index in [9.17, 15) is 4.79 Å². The van der Waals surface area contributed by atoms with Gasteiger partial charge in [-0.05, 0) is 30.3 Å². The molecule has 0 spiro atoms. The summed E-state index contributed by atoms with van der Waals surface area (Å²) in [6, 6.07) is 23.9. The summed E-state index contributed by atoms with van der Waals surface area (Å²) in [7, 11) is 1.52. The van der Waals surface area contributed by atoms with Crippen molar-refractivity contribution in [3.05, 3.63) is 90.0 Å². The summed E-state index contributed by atoms with van der Waals surface area (Å²) in [4.78, 5) is 12.3. The quantitative estimate of drug-likeness (QED) is 0.605. The van der Waals surface area contributed by atoms with E-state index in [2.05, 4.69) is 0 Å². The van der Waals surface area contributed by atoms with Gasteiger partial charge in [0, 0.05) is 5.56 Å². The van der Waals surface area contributed by atoms with Gasteiger partial charge >= 0.3 is 5.97 Å².